The van der Waals surface area contributed by atoms with Crippen molar-refractivity contribution in [1.29, 1.82) is 0 Å². The van der Waals surface area contributed by atoms with Crippen molar-refractivity contribution in [2.24, 2.45) is 0 Å². The Kier molecular flexibility index (Phi) is 4.65. The molecule has 2 heterocycles. The maximum atomic E-state index is 11.1. The van der Waals surface area contributed by atoms with Gasteiger partial charge in [-0.2, -0.15) is 0 Å². The highest BCUT2D eigenvalue weighted by atomic mass is 79.9. The van der Waals surface area contributed by atoms with E-state index in [0.717, 1.165) is 30.8 Å². The molecule has 0 spiro atoms. The Labute approximate surface area is 162 Å². The zero-order chi connectivity index (χ0) is 18.1. The second-order valence-corrected chi connectivity index (χ2v) is 7.66. The van der Waals surface area contributed by atoms with E-state index in [9.17, 15) is 4.79 Å². The van der Waals surface area contributed by atoms with Crippen molar-refractivity contribution < 1.29 is 19.4 Å². The molecule has 0 atom stereocenters. The van der Waals surface area contributed by atoms with Crippen LogP contribution in [0.5, 0.6) is 11.5 Å². The van der Waals surface area contributed by atoms with E-state index in [0.29, 0.717) is 17.9 Å². The van der Waals surface area contributed by atoms with Crippen molar-refractivity contribution >= 4 is 55.1 Å². The standard InChI is InChI=1S/C19H14BrNO4S/c20-13-9-16-15(24-10-25-16)8-12(13)7-11(5-6-18(22)23)19-21-14-3-1-2-4-17(14)26-19/h1-4,7-9H,5-6,10H2,(H,22,23)/b11-7+. The van der Waals surface area contributed by atoms with Gasteiger partial charge in [0.2, 0.25) is 6.79 Å². The number of carboxylic acid groups (broad SMARTS) is 1. The summed E-state index contributed by atoms with van der Waals surface area (Å²) in [5.41, 5.74) is 2.69. The van der Waals surface area contributed by atoms with Gasteiger partial charge >= 0.3 is 5.97 Å². The third kappa shape index (κ3) is 3.45. The second kappa shape index (κ2) is 7.09. The van der Waals surface area contributed by atoms with Gasteiger partial charge in [0, 0.05) is 10.9 Å². The third-order valence-corrected chi connectivity index (χ3v) is 5.80. The highest BCUT2D eigenvalue weighted by Crippen LogP contribution is 2.39. The minimum atomic E-state index is -0.832. The average molecular weight is 432 g/mol. The topological polar surface area (TPSA) is 68.7 Å². The lowest BCUT2D eigenvalue weighted by Crippen LogP contribution is -1.95. The molecule has 0 amide bonds. The van der Waals surface area contributed by atoms with Crippen molar-refractivity contribution in [1.82, 2.24) is 4.98 Å². The van der Waals surface area contributed by atoms with Crippen LogP contribution in [-0.2, 0) is 4.79 Å². The third-order valence-electron chi connectivity index (χ3n) is 4.00. The fourth-order valence-corrected chi connectivity index (χ4v) is 4.17. The van der Waals surface area contributed by atoms with Crippen molar-refractivity contribution in [3.63, 3.8) is 0 Å². The summed E-state index contributed by atoms with van der Waals surface area (Å²) < 4.78 is 12.8. The quantitative estimate of drug-likeness (QED) is 0.601. The molecule has 0 radical (unpaired) electrons. The van der Waals surface area contributed by atoms with Crippen molar-refractivity contribution in [2.45, 2.75) is 12.8 Å². The van der Waals surface area contributed by atoms with E-state index >= 15 is 0 Å². The van der Waals surface area contributed by atoms with E-state index in [1.54, 1.807) is 11.3 Å². The van der Waals surface area contributed by atoms with Gasteiger partial charge < -0.3 is 14.6 Å². The van der Waals surface area contributed by atoms with E-state index in [1.807, 2.05) is 42.5 Å². The van der Waals surface area contributed by atoms with E-state index in [1.165, 1.54) is 0 Å². The largest absolute Gasteiger partial charge is 0.481 e. The van der Waals surface area contributed by atoms with Gasteiger partial charge in [0.15, 0.2) is 11.5 Å². The lowest BCUT2D eigenvalue weighted by atomic mass is 10.1. The van der Waals surface area contributed by atoms with Crippen LogP contribution in [0.15, 0.2) is 40.9 Å². The fraction of sp³-hybridized carbons (Fsp3) is 0.158. The molecule has 0 fully saturated rings. The zero-order valence-electron chi connectivity index (χ0n) is 13.6. The van der Waals surface area contributed by atoms with Gasteiger partial charge in [0.1, 0.15) is 5.01 Å². The van der Waals surface area contributed by atoms with Crippen LogP contribution in [-0.4, -0.2) is 22.9 Å². The van der Waals surface area contributed by atoms with Gasteiger partial charge in [-0.25, -0.2) is 4.98 Å². The molecule has 3 aromatic rings. The SMILES string of the molecule is O=C(O)CC/C(=C\c1cc2c(cc1Br)OCO2)c1nc2ccccc2s1. The smallest absolute Gasteiger partial charge is 0.303 e. The molecule has 0 saturated heterocycles. The molecule has 7 heteroatoms. The molecule has 0 saturated carbocycles. The number of aliphatic carboxylic acids is 1. The molecule has 1 aliphatic heterocycles. The van der Waals surface area contributed by atoms with E-state index in [-0.39, 0.29) is 13.2 Å². The number of hydrogen-bond donors (Lipinski definition) is 1. The summed E-state index contributed by atoms with van der Waals surface area (Å²) in [7, 11) is 0. The summed E-state index contributed by atoms with van der Waals surface area (Å²) >= 11 is 5.12. The average Bonchev–Trinajstić information content (AvgIpc) is 3.24. The Bertz CT molecular complexity index is 995. The molecule has 0 unspecified atom stereocenters. The summed E-state index contributed by atoms with van der Waals surface area (Å²) in [6, 6.07) is 11.6. The van der Waals surface area contributed by atoms with Crippen molar-refractivity contribution in [3.05, 3.63) is 51.4 Å². The van der Waals surface area contributed by atoms with Crippen LogP contribution in [0.2, 0.25) is 0 Å². The molecule has 132 valence electrons. The second-order valence-electron chi connectivity index (χ2n) is 5.78. The molecule has 5 nitrogen and oxygen atoms in total. The monoisotopic (exact) mass is 431 g/mol. The van der Waals surface area contributed by atoms with Crippen LogP contribution >= 0.6 is 27.3 Å². The number of allylic oxidation sites excluding steroid dienone is 1. The molecule has 2 aromatic carbocycles. The number of fused-ring (bicyclic) bond motifs is 2. The van der Waals surface area contributed by atoms with Crippen molar-refractivity contribution in [2.75, 3.05) is 6.79 Å². The van der Waals surface area contributed by atoms with Gasteiger partial charge in [-0.15, -0.1) is 11.3 Å². The van der Waals surface area contributed by atoms with Crippen LogP contribution in [0.1, 0.15) is 23.4 Å². The van der Waals surface area contributed by atoms with E-state index in [4.69, 9.17) is 14.6 Å². The van der Waals surface area contributed by atoms with E-state index in [2.05, 4.69) is 20.9 Å². The Morgan fingerprint density at radius 2 is 2.00 bits per heavy atom. The van der Waals surface area contributed by atoms with Crippen LogP contribution in [0.25, 0.3) is 21.9 Å². The van der Waals surface area contributed by atoms with Crippen LogP contribution < -0.4 is 9.47 Å². The molecular formula is C19H14BrNO4S. The van der Waals surface area contributed by atoms with Crippen molar-refractivity contribution in [3.8, 4) is 11.5 Å². The maximum Gasteiger partial charge on any atom is 0.303 e. The Morgan fingerprint density at radius 1 is 1.23 bits per heavy atom. The summed E-state index contributed by atoms with van der Waals surface area (Å²) in [6.07, 6.45) is 2.41. The lowest BCUT2D eigenvalue weighted by molar-refractivity contribution is -0.136. The first-order chi connectivity index (χ1) is 12.6. The first kappa shape index (κ1) is 17.1. The van der Waals surface area contributed by atoms with Crippen LogP contribution in [0.4, 0.5) is 0 Å². The number of ether oxygens (including phenoxy) is 2. The molecule has 0 aliphatic carbocycles. The summed E-state index contributed by atoms with van der Waals surface area (Å²) in [6.45, 7) is 0.207. The lowest BCUT2D eigenvalue weighted by Gasteiger charge is -2.06. The highest BCUT2D eigenvalue weighted by molar-refractivity contribution is 9.10. The Balaban J connectivity index is 1.77. The number of hydrogen-bond acceptors (Lipinski definition) is 5. The number of thiazole rings is 1. The minimum Gasteiger partial charge on any atom is -0.481 e. The molecular weight excluding hydrogens is 418 g/mol. The molecule has 26 heavy (non-hydrogen) atoms. The van der Waals surface area contributed by atoms with Gasteiger partial charge in [0.05, 0.1) is 10.2 Å². The number of nitrogens with zero attached hydrogens (tertiary/aromatic N) is 1. The summed E-state index contributed by atoms with van der Waals surface area (Å²) in [5, 5.41) is 9.94. The number of halogens is 1. The summed E-state index contributed by atoms with van der Waals surface area (Å²) in [5.74, 6) is 0.546. The number of benzene rings is 2. The minimum absolute atomic E-state index is 0.0456. The number of para-hydroxylation sites is 1. The fourth-order valence-electron chi connectivity index (χ4n) is 2.72. The predicted molar refractivity (Wildman–Crippen MR) is 105 cm³/mol. The molecule has 0 bridgehead atoms. The normalized spacial score (nSPS) is 13.3. The van der Waals surface area contributed by atoms with Crippen LogP contribution in [0, 0.1) is 0 Å². The maximum absolute atomic E-state index is 11.1. The van der Waals surface area contributed by atoms with Gasteiger partial charge in [-0.05, 0) is 47.9 Å². The van der Waals surface area contributed by atoms with E-state index < -0.39 is 5.97 Å². The zero-order valence-corrected chi connectivity index (χ0v) is 16.0. The molecule has 4 rings (SSSR count). The summed E-state index contributed by atoms with van der Waals surface area (Å²) in [4.78, 5) is 15.8. The van der Waals surface area contributed by atoms with Crippen LogP contribution in [0.3, 0.4) is 0 Å². The Hall–Kier alpha value is -2.38. The molecule has 1 aliphatic rings. The highest BCUT2D eigenvalue weighted by Gasteiger charge is 2.17. The number of carboxylic acids is 1. The first-order valence-corrected chi connectivity index (χ1v) is 9.58. The Morgan fingerprint density at radius 3 is 2.77 bits per heavy atom. The molecule has 1 N–H and O–H groups in total. The number of carbonyl (C=O) groups is 1. The molecule has 1 aromatic heterocycles. The first-order valence-electron chi connectivity index (χ1n) is 7.97. The van der Waals surface area contributed by atoms with Gasteiger partial charge in [-0.1, -0.05) is 28.1 Å². The van der Waals surface area contributed by atoms with Gasteiger partial charge in [-0.3, -0.25) is 4.79 Å². The number of rotatable bonds is 5. The van der Waals surface area contributed by atoms with Gasteiger partial charge in [0.25, 0.3) is 0 Å². The number of aromatic nitrogens is 1. The predicted octanol–water partition coefficient (Wildman–Crippen LogP) is 5.19.